The van der Waals surface area contributed by atoms with Crippen molar-refractivity contribution in [3.63, 3.8) is 0 Å². The molecule has 0 aliphatic heterocycles. The second-order valence-corrected chi connectivity index (χ2v) is 6.85. The van der Waals surface area contributed by atoms with E-state index in [-0.39, 0.29) is 12.2 Å². The monoisotopic (exact) mass is 332 g/mol. The molecule has 0 radical (unpaired) electrons. The minimum Gasteiger partial charge on any atom is -0.481 e. The Hall–Kier alpha value is -0.840. The normalized spacial score (nSPS) is 12.0. The lowest BCUT2D eigenvalue weighted by molar-refractivity contribution is -0.137. The second kappa shape index (κ2) is 15.1. The van der Waals surface area contributed by atoms with Gasteiger partial charge in [0.05, 0.1) is 5.75 Å². The first-order valence-corrected chi connectivity index (χ1v) is 9.94. The number of thiol groups is 1. The van der Waals surface area contributed by atoms with Gasteiger partial charge < -0.3 is 5.11 Å². The van der Waals surface area contributed by atoms with Crippen LogP contribution < -0.4 is 0 Å². The Balaban J connectivity index is 3.81. The van der Waals surface area contributed by atoms with Gasteiger partial charge in [-0.3, -0.25) is 4.79 Å². The molecule has 0 aromatic carbocycles. The fourth-order valence-electron chi connectivity index (χ4n) is 2.45. The van der Waals surface area contributed by atoms with Gasteiger partial charge in [0.2, 0.25) is 0 Å². The summed E-state index contributed by atoms with van der Waals surface area (Å²) >= 11 is 0. The maximum absolute atomic E-state index is 10.9. The highest BCUT2D eigenvalue weighted by atomic mass is 32.2. The molecule has 0 amide bonds. The number of unbranched alkanes of at least 4 members (excludes halogenated alkanes) is 8. The molecule has 0 aromatic heterocycles. The first-order valence-electron chi connectivity index (χ1n) is 8.57. The molecule has 130 valence electrons. The zero-order valence-electron chi connectivity index (χ0n) is 13.9. The van der Waals surface area contributed by atoms with Crippen LogP contribution in [0.25, 0.3) is 0 Å². The van der Waals surface area contributed by atoms with E-state index in [0.29, 0.717) is 0 Å². The van der Waals surface area contributed by atoms with E-state index in [9.17, 15) is 13.2 Å². The summed E-state index contributed by atoms with van der Waals surface area (Å²) in [6.07, 6.45) is 13.8. The summed E-state index contributed by atoms with van der Waals surface area (Å²) in [4.78, 5) is 10.4. The highest BCUT2D eigenvalue weighted by molar-refractivity contribution is 7.72. The van der Waals surface area contributed by atoms with E-state index < -0.39 is 16.7 Å². The van der Waals surface area contributed by atoms with Crippen LogP contribution in [0.2, 0.25) is 0 Å². The van der Waals surface area contributed by atoms with E-state index in [4.69, 9.17) is 5.11 Å². The molecule has 1 N–H and O–H groups in total. The van der Waals surface area contributed by atoms with E-state index in [2.05, 4.69) is 13.0 Å². The molecule has 0 heterocycles. The van der Waals surface area contributed by atoms with Crippen LogP contribution in [0.3, 0.4) is 0 Å². The van der Waals surface area contributed by atoms with Crippen molar-refractivity contribution in [1.29, 1.82) is 0 Å². The molecule has 0 aliphatic carbocycles. The van der Waals surface area contributed by atoms with Crippen molar-refractivity contribution < 1.29 is 18.3 Å². The van der Waals surface area contributed by atoms with E-state index in [1.807, 2.05) is 0 Å². The van der Waals surface area contributed by atoms with Gasteiger partial charge in [-0.25, -0.2) is 8.42 Å². The summed E-state index contributed by atoms with van der Waals surface area (Å²) < 4.78 is 21.8. The fourth-order valence-corrected chi connectivity index (χ4v) is 3.07. The van der Waals surface area contributed by atoms with Crippen LogP contribution in [0.1, 0.15) is 84.0 Å². The molecule has 4 nitrogen and oxygen atoms in total. The van der Waals surface area contributed by atoms with Crippen molar-refractivity contribution in [3.05, 3.63) is 11.6 Å². The average Bonchev–Trinajstić information content (AvgIpc) is 2.45. The molecule has 0 aliphatic rings. The molecule has 0 spiro atoms. The van der Waals surface area contributed by atoms with Gasteiger partial charge in [0.15, 0.2) is 0 Å². The van der Waals surface area contributed by atoms with Crippen molar-refractivity contribution >= 4 is 16.7 Å². The lowest BCUT2D eigenvalue weighted by Crippen LogP contribution is -1.95. The topological polar surface area (TPSA) is 71.4 Å². The average molecular weight is 333 g/mol. The van der Waals surface area contributed by atoms with Crippen LogP contribution in [-0.2, 0) is 15.5 Å². The minimum absolute atomic E-state index is 0.208. The van der Waals surface area contributed by atoms with Gasteiger partial charge >= 0.3 is 5.97 Å². The maximum Gasteiger partial charge on any atom is 0.303 e. The Morgan fingerprint density at radius 2 is 1.50 bits per heavy atom. The zero-order chi connectivity index (χ0) is 16.6. The number of hydrogen-bond acceptors (Lipinski definition) is 3. The van der Waals surface area contributed by atoms with E-state index in [0.717, 1.165) is 56.9 Å². The molecule has 0 aromatic rings. The lowest BCUT2D eigenvalue weighted by Gasteiger charge is -2.04. The Labute approximate surface area is 137 Å². The Bertz CT molecular complexity index is 378. The third-order valence-electron chi connectivity index (χ3n) is 3.71. The number of carboxylic acids is 1. The maximum atomic E-state index is 10.9. The molecule has 0 atom stereocenters. The molecule has 0 fully saturated rings. The van der Waals surface area contributed by atoms with Crippen LogP contribution in [0.4, 0.5) is 0 Å². The number of rotatable bonds is 15. The first kappa shape index (κ1) is 21.2. The second-order valence-electron chi connectivity index (χ2n) is 5.86. The predicted octanol–water partition coefficient (Wildman–Crippen LogP) is 4.31. The highest BCUT2D eigenvalue weighted by Gasteiger charge is 2.00. The summed E-state index contributed by atoms with van der Waals surface area (Å²) in [5.74, 6) is -0.512. The summed E-state index contributed by atoms with van der Waals surface area (Å²) in [6.45, 7) is 2.17. The number of carbonyl (C=O) groups is 1. The van der Waals surface area contributed by atoms with Crippen molar-refractivity contribution in [2.75, 3.05) is 5.75 Å². The molecular formula is C17H32O4S. The predicted molar refractivity (Wildman–Crippen MR) is 92.0 cm³/mol. The lowest BCUT2D eigenvalue weighted by atomic mass is 10.0. The largest absolute Gasteiger partial charge is 0.481 e. The third kappa shape index (κ3) is 15.5. The van der Waals surface area contributed by atoms with Crippen molar-refractivity contribution in [1.82, 2.24) is 0 Å². The van der Waals surface area contributed by atoms with Gasteiger partial charge in [-0.2, -0.15) is 0 Å². The summed E-state index contributed by atoms with van der Waals surface area (Å²) in [5.41, 5.74) is 1.07. The van der Waals surface area contributed by atoms with Gasteiger partial charge in [-0.15, -0.1) is 0 Å². The molecule has 0 saturated heterocycles. The van der Waals surface area contributed by atoms with E-state index in [1.54, 1.807) is 0 Å². The number of allylic oxidation sites excluding steroid dienone is 1. The Morgan fingerprint density at radius 3 is 2.14 bits per heavy atom. The van der Waals surface area contributed by atoms with Gasteiger partial charge in [0.1, 0.15) is 10.7 Å². The summed E-state index contributed by atoms with van der Waals surface area (Å²) in [6, 6.07) is 0. The fraction of sp³-hybridized carbons (Fsp3) is 0.824. The molecule has 0 rings (SSSR count). The van der Waals surface area contributed by atoms with Crippen LogP contribution in [-0.4, -0.2) is 25.2 Å². The number of hydrogen-bond donors (Lipinski definition) is 2. The van der Waals surface area contributed by atoms with Crippen LogP contribution in [0.5, 0.6) is 0 Å². The molecule has 22 heavy (non-hydrogen) atoms. The smallest absolute Gasteiger partial charge is 0.303 e. The minimum atomic E-state index is -2.33. The standard InChI is InChI=1S/C17H32O4S/c1-2-3-4-9-12-16(15-22(20)21)13-10-7-5-6-8-11-14-17(18)19/h13,22H,2-12,14-15H2,1H3,(H,18,19)/b16-13+. The molecule has 0 bridgehead atoms. The van der Waals surface area contributed by atoms with E-state index in [1.165, 1.54) is 19.3 Å². The summed E-state index contributed by atoms with van der Waals surface area (Å²) in [7, 11) is -2.33. The van der Waals surface area contributed by atoms with E-state index >= 15 is 0 Å². The van der Waals surface area contributed by atoms with Crippen LogP contribution >= 0.6 is 0 Å². The summed E-state index contributed by atoms with van der Waals surface area (Å²) in [5, 5.41) is 8.53. The molecule has 0 unspecified atom stereocenters. The third-order valence-corrected chi connectivity index (χ3v) is 4.38. The van der Waals surface area contributed by atoms with Crippen molar-refractivity contribution in [2.45, 2.75) is 84.0 Å². The zero-order valence-corrected chi connectivity index (χ0v) is 14.8. The highest BCUT2D eigenvalue weighted by Crippen LogP contribution is 2.14. The van der Waals surface area contributed by atoms with Crippen LogP contribution in [0.15, 0.2) is 11.6 Å². The Morgan fingerprint density at radius 1 is 0.909 bits per heavy atom. The molecular weight excluding hydrogens is 300 g/mol. The van der Waals surface area contributed by atoms with Gasteiger partial charge in [0, 0.05) is 6.42 Å². The van der Waals surface area contributed by atoms with Crippen LogP contribution in [0, 0.1) is 0 Å². The molecule has 5 heteroatoms. The quantitative estimate of drug-likeness (QED) is 0.266. The van der Waals surface area contributed by atoms with Gasteiger partial charge in [-0.05, 0) is 32.1 Å². The van der Waals surface area contributed by atoms with Crippen molar-refractivity contribution in [2.24, 2.45) is 0 Å². The van der Waals surface area contributed by atoms with Gasteiger partial charge in [-0.1, -0.05) is 57.1 Å². The Kier molecular flexibility index (Phi) is 14.5. The van der Waals surface area contributed by atoms with Gasteiger partial charge in [0.25, 0.3) is 0 Å². The molecule has 0 saturated carbocycles. The van der Waals surface area contributed by atoms with Crippen molar-refractivity contribution in [3.8, 4) is 0 Å². The number of aliphatic carboxylic acids is 1. The SMILES string of the molecule is CCCCCC/C(=C\CCCCCCCC(=O)O)C[SH](=O)=O. The number of carboxylic acid groups (broad SMARTS) is 1. The first-order chi connectivity index (χ1) is 10.6.